The van der Waals surface area contributed by atoms with Crippen molar-refractivity contribution < 1.29 is 0 Å². The third kappa shape index (κ3) is 2.55. The molecule has 14 heavy (non-hydrogen) atoms. The van der Waals surface area contributed by atoms with Gasteiger partial charge in [-0.05, 0) is 54.0 Å². The number of nitrogens with zero attached hydrogens (tertiary/aromatic N) is 2. The van der Waals surface area contributed by atoms with Gasteiger partial charge < -0.3 is 0 Å². The van der Waals surface area contributed by atoms with Gasteiger partial charge in [0.2, 0.25) is 0 Å². The third-order valence-corrected chi connectivity index (χ3v) is 3.38. The Morgan fingerprint density at radius 2 is 2.07 bits per heavy atom. The zero-order valence-corrected chi connectivity index (χ0v) is 9.83. The van der Waals surface area contributed by atoms with Crippen molar-refractivity contribution in [1.82, 2.24) is 9.88 Å². The first kappa shape index (κ1) is 10.1. The van der Waals surface area contributed by atoms with Crippen LogP contribution in [0, 0.1) is 0 Å². The van der Waals surface area contributed by atoms with Crippen molar-refractivity contribution in [2.24, 2.45) is 0 Å². The maximum atomic E-state index is 4.38. The Morgan fingerprint density at radius 3 is 2.79 bits per heavy atom. The Labute approximate surface area is 93.5 Å². The fraction of sp³-hybridized carbons (Fsp3) is 0.545. The van der Waals surface area contributed by atoms with Gasteiger partial charge in [-0.15, -0.1) is 0 Å². The maximum absolute atomic E-state index is 4.38. The van der Waals surface area contributed by atoms with Gasteiger partial charge in [-0.25, -0.2) is 0 Å². The third-order valence-electron chi connectivity index (χ3n) is 2.66. The monoisotopic (exact) mass is 254 g/mol. The molecule has 0 bridgehead atoms. The van der Waals surface area contributed by atoms with E-state index in [0.717, 1.165) is 16.7 Å². The van der Waals surface area contributed by atoms with E-state index < -0.39 is 0 Å². The summed E-state index contributed by atoms with van der Waals surface area (Å²) >= 11 is 3.53. The summed E-state index contributed by atoms with van der Waals surface area (Å²) in [4.78, 5) is 6.87. The molecule has 2 heterocycles. The van der Waals surface area contributed by atoms with Crippen LogP contribution in [0.4, 0.5) is 0 Å². The van der Waals surface area contributed by atoms with Crippen LogP contribution in [0.2, 0.25) is 0 Å². The highest BCUT2D eigenvalue weighted by molar-refractivity contribution is 9.10. The lowest BCUT2D eigenvalue weighted by Gasteiger charge is -2.26. The molecular formula is C11H15BrN2. The van der Waals surface area contributed by atoms with Crippen LogP contribution in [0.5, 0.6) is 0 Å². The van der Waals surface area contributed by atoms with Gasteiger partial charge in [0.1, 0.15) is 0 Å². The quantitative estimate of drug-likeness (QED) is 0.807. The first-order valence-electron chi connectivity index (χ1n) is 5.18. The Kier molecular flexibility index (Phi) is 3.54. The van der Waals surface area contributed by atoms with E-state index in [-0.39, 0.29) is 0 Å². The van der Waals surface area contributed by atoms with Crippen LogP contribution < -0.4 is 0 Å². The molecule has 1 aromatic rings. The topological polar surface area (TPSA) is 16.1 Å². The smallest absolute Gasteiger partial charge is 0.0685 e. The molecule has 1 saturated heterocycles. The standard InChI is InChI=1S/C11H15BrN2/c12-10-5-4-6-13-11(10)9-14-7-2-1-3-8-14/h4-6H,1-3,7-9H2. The van der Waals surface area contributed by atoms with E-state index in [1.165, 1.54) is 32.4 Å². The van der Waals surface area contributed by atoms with E-state index in [4.69, 9.17) is 0 Å². The fourth-order valence-corrected chi connectivity index (χ4v) is 2.24. The lowest BCUT2D eigenvalue weighted by Crippen LogP contribution is -2.29. The molecule has 2 rings (SSSR count). The minimum Gasteiger partial charge on any atom is -0.297 e. The molecule has 2 nitrogen and oxygen atoms in total. The molecule has 0 amide bonds. The molecule has 0 spiro atoms. The predicted molar refractivity (Wildman–Crippen MR) is 61.1 cm³/mol. The zero-order chi connectivity index (χ0) is 9.80. The molecule has 0 unspecified atom stereocenters. The van der Waals surface area contributed by atoms with Gasteiger partial charge in [0.05, 0.1) is 5.69 Å². The van der Waals surface area contributed by atoms with Gasteiger partial charge in [0.25, 0.3) is 0 Å². The van der Waals surface area contributed by atoms with Gasteiger partial charge in [-0.3, -0.25) is 9.88 Å². The normalized spacial score (nSPS) is 18.4. The van der Waals surface area contributed by atoms with Crippen molar-refractivity contribution in [3.05, 3.63) is 28.5 Å². The molecular weight excluding hydrogens is 240 g/mol. The number of hydrogen-bond donors (Lipinski definition) is 0. The molecule has 1 aliphatic rings. The number of halogens is 1. The Morgan fingerprint density at radius 1 is 1.29 bits per heavy atom. The second kappa shape index (κ2) is 4.89. The molecule has 0 aromatic carbocycles. The molecule has 1 aromatic heterocycles. The maximum Gasteiger partial charge on any atom is 0.0685 e. The van der Waals surface area contributed by atoms with Crippen molar-refractivity contribution in [1.29, 1.82) is 0 Å². The average Bonchev–Trinajstić information content (AvgIpc) is 2.23. The Balaban J connectivity index is 1.99. The highest BCUT2D eigenvalue weighted by Gasteiger charge is 2.12. The zero-order valence-electron chi connectivity index (χ0n) is 8.25. The van der Waals surface area contributed by atoms with E-state index in [9.17, 15) is 0 Å². The van der Waals surface area contributed by atoms with Crippen molar-refractivity contribution in [2.45, 2.75) is 25.8 Å². The Hall–Kier alpha value is -0.410. The predicted octanol–water partition coefficient (Wildman–Crippen LogP) is 2.83. The molecule has 1 aliphatic heterocycles. The van der Waals surface area contributed by atoms with Crippen molar-refractivity contribution in [2.75, 3.05) is 13.1 Å². The van der Waals surface area contributed by atoms with E-state index in [1.807, 2.05) is 12.3 Å². The Bertz CT molecular complexity index is 295. The number of hydrogen-bond acceptors (Lipinski definition) is 2. The lowest BCUT2D eigenvalue weighted by atomic mass is 10.1. The van der Waals surface area contributed by atoms with E-state index in [1.54, 1.807) is 0 Å². The molecule has 0 radical (unpaired) electrons. The van der Waals surface area contributed by atoms with E-state index in [0.29, 0.717) is 0 Å². The fourth-order valence-electron chi connectivity index (χ4n) is 1.86. The van der Waals surface area contributed by atoms with Crippen LogP contribution >= 0.6 is 15.9 Å². The minimum absolute atomic E-state index is 0.988. The summed E-state index contributed by atoms with van der Waals surface area (Å²) in [6.07, 6.45) is 5.93. The number of pyridine rings is 1. The number of aromatic nitrogens is 1. The first-order chi connectivity index (χ1) is 6.86. The molecule has 76 valence electrons. The van der Waals surface area contributed by atoms with Gasteiger partial charge in [-0.1, -0.05) is 6.42 Å². The number of piperidine rings is 1. The second-order valence-corrected chi connectivity index (χ2v) is 4.62. The summed E-state index contributed by atoms with van der Waals surface area (Å²) in [5, 5.41) is 0. The molecule has 3 heteroatoms. The molecule has 0 atom stereocenters. The van der Waals surface area contributed by atoms with Crippen LogP contribution in [-0.2, 0) is 6.54 Å². The van der Waals surface area contributed by atoms with E-state index >= 15 is 0 Å². The average molecular weight is 255 g/mol. The summed E-state index contributed by atoms with van der Waals surface area (Å²) in [5.41, 5.74) is 1.16. The molecule has 0 saturated carbocycles. The van der Waals surface area contributed by atoms with Crippen molar-refractivity contribution >= 4 is 15.9 Å². The minimum atomic E-state index is 0.988. The van der Waals surface area contributed by atoms with Gasteiger partial charge >= 0.3 is 0 Å². The van der Waals surface area contributed by atoms with Gasteiger partial charge in [0, 0.05) is 17.2 Å². The van der Waals surface area contributed by atoms with Crippen LogP contribution in [0.1, 0.15) is 25.0 Å². The van der Waals surface area contributed by atoms with E-state index in [2.05, 4.69) is 31.9 Å². The SMILES string of the molecule is Brc1cccnc1CN1CCCCC1. The second-order valence-electron chi connectivity index (χ2n) is 3.77. The van der Waals surface area contributed by atoms with Crippen LogP contribution in [0.15, 0.2) is 22.8 Å². The lowest BCUT2D eigenvalue weighted by molar-refractivity contribution is 0.218. The first-order valence-corrected chi connectivity index (χ1v) is 5.97. The van der Waals surface area contributed by atoms with Crippen molar-refractivity contribution in [3.8, 4) is 0 Å². The number of likely N-dealkylation sites (tertiary alicyclic amines) is 1. The summed E-state index contributed by atoms with van der Waals surface area (Å²) in [6, 6.07) is 4.02. The van der Waals surface area contributed by atoms with Crippen LogP contribution in [0.3, 0.4) is 0 Å². The summed E-state index contributed by atoms with van der Waals surface area (Å²) in [6.45, 7) is 3.44. The molecule has 1 fully saturated rings. The summed E-state index contributed by atoms with van der Waals surface area (Å²) in [5.74, 6) is 0. The molecule has 0 aliphatic carbocycles. The van der Waals surface area contributed by atoms with Crippen LogP contribution in [-0.4, -0.2) is 23.0 Å². The van der Waals surface area contributed by atoms with Gasteiger partial charge in [-0.2, -0.15) is 0 Å². The summed E-state index contributed by atoms with van der Waals surface area (Å²) in [7, 11) is 0. The molecule has 0 N–H and O–H groups in total. The van der Waals surface area contributed by atoms with Crippen molar-refractivity contribution in [3.63, 3.8) is 0 Å². The highest BCUT2D eigenvalue weighted by Crippen LogP contribution is 2.17. The summed E-state index contributed by atoms with van der Waals surface area (Å²) < 4.78 is 1.13. The highest BCUT2D eigenvalue weighted by atomic mass is 79.9. The van der Waals surface area contributed by atoms with Crippen LogP contribution in [0.25, 0.3) is 0 Å². The van der Waals surface area contributed by atoms with Gasteiger partial charge in [0.15, 0.2) is 0 Å². The largest absolute Gasteiger partial charge is 0.297 e. The number of rotatable bonds is 2.